The van der Waals surface area contributed by atoms with Gasteiger partial charge in [0.25, 0.3) is 5.91 Å². The first-order valence-corrected chi connectivity index (χ1v) is 9.00. The third kappa shape index (κ3) is 4.85. The Bertz CT molecular complexity index is 925. The van der Waals surface area contributed by atoms with Crippen molar-refractivity contribution in [2.45, 2.75) is 26.3 Å². The number of aryl methyl sites for hydroxylation is 1. The maximum Gasteiger partial charge on any atom is 0.255 e. The highest BCUT2D eigenvalue weighted by Crippen LogP contribution is 2.26. The average Bonchev–Trinajstić information content (AvgIpc) is 2.68. The van der Waals surface area contributed by atoms with Crippen molar-refractivity contribution in [2.24, 2.45) is 0 Å². The molecule has 3 rings (SSSR count). The van der Waals surface area contributed by atoms with Crippen LogP contribution in [0.3, 0.4) is 0 Å². The van der Waals surface area contributed by atoms with Gasteiger partial charge in [0.1, 0.15) is 17.3 Å². The molecular formula is C22H23N3O2. The summed E-state index contributed by atoms with van der Waals surface area (Å²) in [6.07, 6.45) is 3.59. The SMILES string of the molecule is CCCc1ccccc1Oc1cccc(CNC(=O)c2cccnc2N)c1. The molecule has 138 valence electrons. The van der Waals surface area contributed by atoms with Gasteiger partial charge in [-0.25, -0.2) is 4.98 Å². The molecule has 5 heteroatoms. The third-order valence-corrected chi connectivity index (χ3v) is 4.15. The summed E-state index contributed by atoms with van der Waals surface area (Å²) in [6.45, 7) is 2.52. The molecule has 0 aliphatic rings. The first-order chi connectivity index (χ1) is 13.2. The number of nitrogens with two attached hydrogens (primary N) is 1. The molecule has 0 aliphatic carbocycles. The van der Waals surface area contributed by atoms with E-state index in [9.17, 15) is 4.79 Å². The molecule has 0 radical (unpaired) electrons. The van der Waals surface area contributed by atoms with E-state index in [1.54, 1.807) is 18.3 Å². The second-order valence-electron chi connectivity index (χ2n) is 6.23. The molecular weight excluding hydrogens is 338 g/mol. The van der Waals surface area contributed by atoms with Gasteiger partial charge in [-0.1, -0.05) is 43.7 Å². The van der Waals surface area contributed by atoms with Gasteiger partial charge >= 0.3 is 0 Å². The number of ether oxygens (including phenoxy) is 1. The topological polar surface area (TPSA) is 77.2 Å². The van der Waals surface area contributed by atoms with Crippen molar-refractivity contribution in [1.82, 2.24) is 10.3 Å². The van der Waals surface area contributed by atoms with Crippen molar-refractivity contribution in [1.29, 1.82) is 0 Å². The molecule has 0 unspecified atom stereocenters. The Morgan fingerprint density at radius 1 is 1.11 bits per heavy atom. The Balaban J connectivity index is 1.68. The largest absolute Gasteiger partial charge is 0.457 e. The Labute approximate surface area is 159 Å². The minimum Gasteiger partial charge on any atom is -0.457 e. The van der Waals surface area contributed by atoms with Crippen LogP contribution in [0.5, 0.6) is 11.5 Å². The molecule has 27 heavy (non-hydrogen) atoms. The van der Waals surface area contributed by atoms with Gasteiger partial charge in [-0.2, -0.15) is 0 Å². The number of anilines is 1. The fraction of sp³-hybridized carbons (Fsp3) is 0.182. The Hall–Kier alpha value is -3.34. The van der Waals surface area contributed by atoms with Crippen molar-refractivity contribution in [3.8, 4) is 11.5 Å². The second-order valence-corrected chi connectivity index (χ2v) is 6.23. The van der Waals surface area contributed by atoms with Crippen molar-refractivity contribution < 1.29 is 9.53 Å². The normalized spacial score (nSPS) is 10.4. The average molecular weight is 361 g/mol. The Kier molecular flexibility index (Phi) is 6.05. The molecule has 5 nitrogen and oxygen atoms in total. The summed E-state index contributed by atoms with van der Waals surface area (Å²) in [4.78, 5) is 16.2. The maximum absolute atomic E-state index is 12.3. The summed E-state index contributed by atoms with van der Waals surface area (Å²) in [5.41, 5.74) is 8.25. The van der Waals surface area contributed by atoms with Crippen LogP contribution in [0.15, 0.2) is 66.9 Å². The van der Waals surface area contributed by atoms with Crippen molar-refractivity contribution >= 4 is 11.7 Å². The van der Waals surface area contributed by atoms with Gasteiger partial charge in [-0.15, -0.1) is 0 Å². The van der Waals surface area contributed by atoms with E-state index in [1.165, 1.54) is 5.56 Å². The first kappa shape index (κ1) is 18.5. The quantitative estimate of drug-likeness (QED) is 0.656. The summed E-state index contributed by atoms with van der Waals surface area (Å²) in [5.74, 6) is 1.58. The number of rotatable bonds is 7. The number of carbonyl (C=O) groups is 1. The molecule has 0 saturated heterocycles. The summed E-state index contributed by atoms with van der Waals surface area (Å²) < 4.78 is 6.07. The highest BCUT2D eigenvalue weighted by molar-refractivity contribution is 5.98. The predicted octanol–water partition coefficient (Wildman–Crippen LogP) is 4.34. The van der Waals surface area contributed by atoms with Crippen LogP contribution in [-0.4, -0.2) is 10.9 Å². The lowest BCUT2D eigenvalue weighted by Crippen LogP contribution is -2.24. The van der Waals surface area contributed by atoms with Gasteiger partial charge in [0.05, 0.1) is 5.56 Å². The molecule has 3 N–H and O–H groups in total. The van der Waals surface area contributed by atoms with Crippen LogP contribution in [0.1, 0.15) is 34.8 Å². The molecule has 1 heterocycles. The van der Waals surface area contributed by atoms with Gasteiger partial charge in [0, 0.05) is 12.7 Å². The number of nitrogens with one attached hydrogen (secondary N) is 1. The molecule has 0 aliphatic heterocycles. The fourth-order valence-electron chi connectivity index (χ4n) is 2.81. The molecule has 2 aromatic carbocycles. The number of aromatic nitrogens is 1. The van der Waals surface area contributed by atoms with Gasteiger partial charge < -0.3 is 15.8 Å². The van der Waals surface area contributed by atoms with E-state index in [0.29, 0.717) is 12.1 Å². The van der Waals surface area contributed by atoms with E-state index in [0.717, 1.165) is 29.9 Å². The highest BCUT2D eigenvalue weighted by atomic mass is 16.5. The lowest BCUT2D eigenvalue weighted by molar-refractivity contribution is 0.0951. The van der Waals surface area contributed by atoms with Crippen LogP contribution in [0.25, 0.3) is 0 Å². The van der Waals surface area contributed by atoms with Gasteiger partial charge in [-0.3, -0.25) is 4.79 Å². The molecule has 0 atom stereocenters. The van der Waals surface area contributed by atoms with Crippen molar-refractivity contribution in [2.75, 3.05) is 5.73 Å². The second kappa shape index (κ2) is 8.85. The van der Waals surface area contributed by atoms with E-state index < -0.39 is 0 Å². The molecule has 3 aromatic rings. The number of nitrogens with zero attached hydrogens (tertiary/aromatic N) is 1. The van der Waals surface area contributed by atoms with E-state index >= 15 is 0 Å². The standard InChI is InChI=1S/C22H23N3O2/c1-2-7-17-9-3-4-12-20(17)27-18-10-5-8-16(14-18)15-25-22(26)19-11-6-13-24-21(19)23/h3-6,8-14H,2,7,15H2,1H3,(H2,23,24)(H,25,26). The summed E-state index contributed by atoms with van der Waals surface area (Å²) >= 11 is 0. The van der Waals surface area contributed by atoms with Crippen LogP contribution < -0.4 is 15.8 Å². The van der Waals surface area contributed by atoms with Crippen LogP contribution in [0, 0.1) is 0 Å². The van der Waals surface area contributed by atoms with Crippen LogP contribution >= 0.6 is 0 Å². The molecule has 0 fully saturated rings. The smallest absolute Gasteiger partial charge is 0.255 e. The fourth-order valence-corrected chi connectivity index (χ4v) is 2.81. The number of nitrogen functional groups attached to an aromatic ring is 1. The Morgan fingerprint density at radius 2 is 1.96 bits per heavy atom. The zero-order chi connectivity index (χ0) is 19.1. The molecule has 1 amide bonds. The monoisotopic (exact) mass is 361 g/mol. The first-order valence-electron chi connectivity index (χ1n) is 9.00. The highest BCUT2D eigenvalue weighted by Gasteiger charge is 2.10. The predicted molar refractivity (Wildman–Crippen MR) is 107 cm³/mol. The minimum absolute atomic E-state index is 0.222. The van der Waals surface area contributed by atoms with E-state index in [4.69, 9.17) is 10.5 Å². The van der Waals surface area contributed by atoms with E-state index in [2.05, 4.69) is 23.3 Å². The van der Waals surface area contributed by atoms with E-state index in [-0.39, 0.29) is 11.7 Å². The minimum atomic E-state index is -0.250. The summed E-state index contributed by atoms with van der Waals surface area (Å²) in [6, 6.07) is 19.1. The third-order valence-electron chi connectivity index (χ3n) is 4.15. The van der Waals surface area contributed by atoms with Crippen LogP contribution in [0.4, 0.5) is 5.82 Å². The lowest BCUT2D eigenvalue weighted by Gasteiger charge is -2.12. The number of hydrogen-bond donors (Lipinski definition) is 2. The van der Waals surface area contributed by atoms with Crippen LogP contribution in [-0.2, 0) is 13.0 Å². The van der Waals surface area contributed by atoms with Crippen molar-refractivity contribution in [3.05, 3.63) is 83.6 Å². The van der Waals surface area contributed by atoms with Gasteiger partial charge in [0.15, 0.2) is 0 Å². The number of benzene rings is 2. The number of amides is 1. The summed E-state index contributed by atoms with van der Waals surface area (Å²) in [7, 11) is 0. The zero-order valence-corrected chi connectivity index (χ0v) is 15.3. The number of carbonyl (C=O) groups excluding carboxylic acids is 1. The molecule has 0 bridgehead atoms. The number of para-hydroxylation sites is 1. The Morgan fingerprint density at radius 3 is 2.78 bits per heavy atom. The number of pyridine rings is 1. The molecule has 1 aromatic heterocycles. The maximum atomic E-state index is 12.3. The molecule has 0 saturated carbocycles. The summed E-state index contributed by atoms with van der Waals surface area (Å²) in [5, 5.41) is 2.86. The van der Waals surface area contributed by atoms with Gasteiger partial charge in [0.2, 0.25) is 0 Å². The number of hydrogen-bond acceptors (Lipinski definition) is 4. The van der Waals surface area contributed by atoms with Crippen LogP contribution in [0.2, 0.25) is 0 Å². The zero-order valence-electron chi connectivity index (χ0n) is 15.3. The van der Waals surface area contributed by atoms with Crippen molar-refractivity contribution in [3.63, 3.8) is 0 Å². The lowest BCUT2D eigenvalue weighted by atomic mass is 10.1. The van der Waals surface area contributed by atoms with E-state index in [1.807, 2.05) is 42.5 Å². The molecule has 0 spiro atoms. The van der Waals surface area contributed by atoms with Gasteiger partial charge in [-0.05, 0) is 47.9 Å².